The Bertz CT molecular complexity index is 864. The lowest BCUT2D eigenvalue weighted by Crippen LogP contribution is -2.06. The standard InChI is InChI=1S/C17H14N4/c1-17(6-7-17)16-19-11-13-10-14(20-15(13)21-16)3-2-12-4-8-18-9-5-12/h4-5,8-11H,6-7H2,1H3,(H,19,20,21). The van der Waals surface area contributed by atoms with E-state index in [1.165, 1.54) is 12.8 Å². The summed E-state index contributed by atoms with van der Waals surface area (Å²) in [6, 6.07) is 5.77. The van der Waals surface area contributed by atoms with Crippen LogP contribution in [-0.4, -0.2) is 19.9 Å². The van der Waals surface area contributed by atoms with Gasteiger partial charge in [0.05, 0.1) is 5.69 Å². The number of rotatable bonds is 1. The second kappa shape index (κ2) is 4.42. The van der Waals surface area contributed by atoms with Gasteiger partial charge < -0.3 is 4.98 Å². The molecule has 4 nitrogen and oxygen atoms in total. The van der Waals surface area contributed by atoms with Crippen molar-refractivity contribution >= 4 is 11.0 Å². The van der Waals surface area contributed by atoms with Crippen molar-refractivity contribution in [2.45, 2.75) is 25.2 Å². The molecule has 1 fully saturated rings. The van der Waals surface area contributed by atoms with Crippen LogP contribution >= 0.6 is 0 Å². The Balaban J connectivity index is 1.70. The van der Waals surface area contributed by atoms with Crippen LogP contribution in [0.2, 0.25) is 0 Å². The van der Waals surface area contributed by atoms with Crippen molar-refractivity contribution < 1.29 is 0 Å². The molecule has 0 spiro atoms. The molecule has 0 aromatic carbocycles. The Kier molecular flexibility index (Phi) is 2.55. The summed E-state index contributed by atoms with van der Waals surface area (Å²) in [5.74, 6) is 7.17. The molecule has 0 atom stereocenters. The summed E-state index contributed by atoms with van der Waals surface area (Å²) in [6.07, 6.45) is 7.71. The Morgan fingerprint density at radius 1 is 1.19 bits per heavy atom. The summed E-state index contributed by atoms with van der Waals surface area (Å²) < 4.78 is 0. The van der Waals surface area contributed by atoms with Gasteiger partial charge in [-0.25, -0.2) is 9.97 Å². The van der Waals surface area contributed by atoms with Gasteiger partial charge in [0.15, 0.2) is 0 Å². The van der Waals surface area contributed by atoms with E-state index in [-0.39, 0.29) is 5.41 Å². The van der Waals surface area contributed by atoms with Crippen LogP contribution < -0.4 is 0 Å². The van der Waals surface area contributed by atoms with Crippen molar-refractivity contribution in [3.05, 3.63) is 53.9 Å². The number of nitrogens with one attached hydrogen (secondary N) is 1. The minimum Gasteiger partial charge on any atom is -0.333 e. The Hall–Kier alpha value is -2.67. The maximum Gasteiger partial charge on any atom is 0.142 e. The number of H-pyrrole nitrogens is 1. The van der Waals surface area contributed by atoms with Crippen LogP contribution in [0.3, 0.4) is 0 Å². The minimum atomic E-state index is 0.183. The molecule has 0 unspecified atom stereocenters. The third-order valence-electron chi connectivity index (χ3n) is 3.93. The number of aromatic nitrogens is 4. The highest BCUT2D eigenvalue weighted by Gasteiger charge is 2.42. The third kappa shape index (κ3) is 2.27. The number of fused-ring (bicyclic) bond motifs is 1. The van der Waals surface area contributed by atoms with Gasteiger partial charge in [0.2, 0.25) is 0 Å². The highest BCUT2D eigenvalue weighted by atomic mass is 15.0. The van der Waals surface area contributed by atoms with Crippen molar-refractivity contribution in [1.29, 1.82) is 0 Å². The monoisotopic (exact) mass is 274 g/mol. The first-order valence-corrected chi connectivity index (χ1v) is 7.01. The van der Waals surface area contributed by atoms with Crippen LogP contribution in [-0.2, 0) is 5.41 Å². The predicted octanol–water partition coefficient (Wildman–Crippen LogP) is 2.80. The fourth-order valence-corrected chi connectivity index (χ4v) is 2.26. The molecule has 3 aromatic rings. The van der Waals surface area contributed by atoms with Crippen LogP contribution in [0, 0.1) is 11.8 Å². The molecule has 4 heteroatoms. The molecule has 102 valence electrons. The van der Waals surface area contributed by atoms with Gasteiger partial charge in [-0.05, 0) is 37.0 Å². The average molecular weight is 274 g/mol. The number of pyridine rings is 1. The van der Waals surface area contributed by atoms with Crippen molar-refractivity contribution in [3.63, 3.8) is 0 Å². The molecule has 3 heterocycles. The highest BCUT2D eigenvalue weighted by Crippen LogP contribution is 2.45. The molecule has 1 saturated carbocycles. The maximum atomic E-state index is 4.64. The van der Waals surface area contributed by atoms with E-state index in [1.807, 2.05) is 24.4 Å². The zero-order chi connectivity index (χ0) is 14.3. The first-order chi connectivity index (χ1) is 10.2. The lowest BCUT2D eigenvalue weighted by atomic mass is 10.1. The van der Waals surface area contributed by atoms with Gasteiger partial charge in [-0.1, -0.05) is 12.8 Å². The SMILES string of the molecule is CC1(c2ncc3cc(C#Cc4ccncc4)[nH]c3n2)CC1. The van der Waals surface area contributed by atoms with Gasteiger partial charge in [0, 0.05) is 35.0 Å². The molecule has 21 heavy (non-hydrogen) atoms. The van der Waals surface area contributed by atoms with Crippen LogP contribution in [0.5, 0.6) is 0 Å². The molecule has 0 amide bonds. The smallest absolute Gasteiger partial charge is 0.142 e. The molecule has 1 aliphatic rings. The van der Waals surface area contributed by atoms with Gasteiger partial charge in [0.25, 0.3) is 0 Å². The van der Waals surface area contributed by atoms with Gasteiger partial charge in [-0.3, -0.25) is 4.98 Å². The van der Waals surface area contributed by atoms with Crippen molar-refractivity contribution in [3.8, 4) is 11.8 Å². The second-order valence-corrected chi connectivity index (χ2v) is 5.73. The normalized spacial score (nSPS) is 15.5. The van der Waals surface area contributed by atoms with Crippen molar-refractivity contribution in [1.82, 2.24) is 19.9 Å². The summed E-state index contributed by atoms with van der Waals surface area (Å²) >= 11 is 0. The summed E-state index contributed by atoms with van der Waals surface area (Å²) in [6.45, 7) is 2.21. The third-order valence-corrected chi connectivity index (χ3v) is 3.93. The van der Waals surface area contributed by atoms with E-state index in [4.69, 9.17) is 0 Å². The molecule has 1 aliphatic carbocycles. The molecule has 4 rings (SSSR count). The molecule has 3 aromatic heterocycles. The second-order valence-electron chi connectivity index (χ2n) is 5.73. The van der Waals surface area contributed by atoms with E-state index in [0.717, 1.165) is 28.1 Å². The van der Waals surface area contributed by atoms with E-state index in [1.54, 1.807) is 12.4 Å². The van der Waals surface area contributed by atoms with E-state index >= 15 is 0 Å². The van der Waals surface area contributed by atoms with Crippen LogP contribution in [0.1, 0.15) is 36.8 Å². The lowest BCUT2D eigenvalue weighted by Gasteiger charge is -2.04. The van der Waals surface area contributed by atoms with Gasteiger partial charge in [-0.2, -0.15) is 0 Å². The molecular formula is C17H14N4. The van der Waals surface area contributed by atoms with E-state index in [0.29, 0.717) is 0 Å². The van der Waals surface area contributed by atoms with Gasteiger partial charge in [0.1, 0.15) is 11.5 Å². The van der Waals surface area contributed by atoms with E-state index in [2.05, 4.69) is 38.7 Å². The Labute approximate surface area is 122 Å². The number of hydrogen-bond acceptors (Lipinski definition) is 3. The van der Waals surface area contributed by atoms with E-state index < -0.39 is 0 Å². The van der Waals surface area contributed by atoms with Crippen LogP contribution in [0.15, 0.2) is 36.8 Å². The predicted molar refractivity (Wildman–Crippen MR) is 80.7 cm³/mol. The molecular weight excluding hydrogens is 260 g/mol. The number of hydrogen-bond donors (Lipinski definition) is 1. The fourth-order valence-electron chi connectivity index (χ4n) is 2.26. The zero-order valence-corrected chi connectivity index (χ0v) is 11.7. The van der Waals surface area contributed by atoms with Crippen molar-refractivity contribution in [2.24, 2.45) is 0 Å². The maximum absolute atomic E-state index is 4.64. The van der Waals surface area contributed by atoms with Gasteiger partial charge in [-0.15, -0.1) is 0 Å². The molecule has 0 saturated heterocycles. The Morgan fingerprint density at radius 2 is 2.00 bits per heavy atom. The van der Waals surface area contributed by atoms with Gasteiger partial charge >= 0.3 is 0 Å². The lowest BCUT2D eigenvalue weighted by molar-refractivity contribution is 0.714. The number of nitrogens with zero attached hydrogens (tertiary/aromatic N) is 3. The summed E-state index contributed by atoms with van der Waals surface area (Å²) in [5.41, 5.74) is 2.85. The Morgan fingerprint density at radius 3 is 2.76 bits per heavy atom. The van der Waals surface area contributed by atoms with Crippen LogP contribution in [0.25, 0.3) is 11.0 Å². The topological polar surface area (TPSA) is 54.5 Å². The van der Waals surface area contributed by atoms with E-state index in [9.17, 15) is 0 Å². The average Bonchev–Trinajstić information content (AvgIpc) is 3.13. The van der Waals surface area contributed by atoms with Crippen molar-refractivity contribution in [2.75, 3.05) is 0 Å². The molecule has 1 N–H and O–H groups in total. The summed E-state index contributed by atoms with van der Waals surface area (Å²) in [7, 11) is 0. The quantitative estimate of drug-likeness (QED) is 0.694. The largest absolute Gasteiger partial charge is 0.333 e. The highest BCUT2D eigenvalue weighted by molar-refractivity contribution is 5.77. The first kappa shape index (κ1) is 12.1. The number of aromatic amines is 1. The molecule has 0 aliphatic heterocycles. The van der Waals surface area contributed by atoms with Crippen LogP contribution in [0.4, 0.5) is 0 Å². The summed E-state index contributed by atoms with van der Waals surface area (Å²) in [4.78, 5) is 16.4. The first-order valence-electron chi connectivity index (χ1n) is 7.01. The molecule has 0 radical (unpaired) electrons. The zero-order valence-electron chi connectivity index (χ0n) is 11.7. The molecule has 0 bridgehead atoms. The minimum absolute atomic E-state index is 0.183. The fraction of sp³-hybridized carbons (Fsp3) is 0.235. The summed E-state index contributed by atoms with van der Waals surface area (Å²) in [5, 5.41) is 1.00.